The van der Waals surface area contributed by atoms with Crippen LogP contribution in [0.4, 0.5) is 0 Å². The summed E-state index contributed by atoms with van der Waals surface area (Å²) in [6, 6.07) is 0. The largest absolute Gasteiger partial charge is 0.472 e. The van der Waals surface area contributed by atoms with E-state index in [0.29, 0.717) is 19.3 Å². The maximum Gasteiger partial charge on any atom is 0.472 e. The number of phosphoric ester groups is 1. The molecule has 0 heterocycles. The molecule has 0 saturated carbocycles. The van der Waals surface area contributed by atoms with E-state index in [-0.39, 0.29) is 25.9 Å². The predicted octanol–water partition coefficient (Wildman–Crippen LogP) is 20.3. The minimum absolute atomic E-state index is 0.161. The van der Waals surface area contributed by atoms with Gasteiger partial charge in [0.25, 0.3) is 0 Å². The molecule has 11 nitrogen and oxygen atoms in total. The third kappa shape index (κ3) is 59.8. The van der Waals surface area contributed by atoms with Crippen LogP contribution in [0.2, 0.25) is 0 Å². The van der Waals surface area contributed by atoms with Crippen LogP contribution >= 0.6 is 7.82 Å². The van der Waals surface area contributed by atoms with Crippen LogP contribution in [-0.4, -0.2) is 66.5 Å². The van der Waals surface area contributed by atoms with Gasteiger partial charge in [-0.25, -0.2) is 4.57 Å². The molecule has 0 aromatic rings. The highest BCUT2D eigenvalue weighted by molar-refractivity contribution is 7.47. The van der Waals surface area contributed by atoms with E-state index >= 15 is 0 Å². The average molecular weight is 1150 g/mol. The maximum atomic E-state index is 13.0. The van der Waals surface area contributed by atoms with Gasteiger partial charge in [-0.2, -0.15) is 0 Å². The van der Waals surface area contributed by atoms with E-state index in [1.165, 1.54) is 167 Å². The fourth-order valence-corrected chi connectivity index (χ4v) is 10.1. The van der Waals surface area contributed by atoms with Crippen LogP contribution in [0.15, 0.2) is 60.8 Å². The van der Waals surface area contributed by atoms with Crippen LogP contribution in [0.1, 0.15) is 316 Å². The summed E-state index contributed by atoms with van der Waals surface area (Å²) in [5.41, 5.74) is 0. The smallest absolute Gasteiger partial charge is 0.462 e. The number of unbranched alkanes of at least 4 members (excludes halogenated alkanes) is 35. The molecule has 12 heteroatoms. The topological polar surface area (TPSA) is 155 Å². The van der Waals surface area contributed by atoms with Gasteiger partial charge in [-0.3, -0.25) is 23.4 Å². The van der Waals surface area contributed by atoms with E-state index in [1.807, 2.05) is 0 Å². The Balaban J connectivity index is 4.69. The summed E-state index contributed by atoms with van der Waals surface area (Å²) in [4.78, 5) is 48.8. The van der Waals surface area contributed by atoms with Crippen molar-refractivity contribution in [2.75, 3.05) is 26.4 Å². The molecule has 0 aliphatic heterocycles. The molecule has 0 aromatic heterocycles. The SMILES string of the molecule is CCCCC/C=C\C/C=C\CCCCCCCCCCCC(=O)OC(COC(=O)CCCCCCCCC/C=C\C/C=C\CCCCC)COP(=O)(O)OCC(CO)OC(=O)CCCCCCCCC/C=C\CCCCCCCC. The van der Waals surface area contributed by atoms with Crippen molar-refractivity contribution in [1.82, 2.24) is 0 Å². The molecule has 3 atom stereocenters. The quantitative estimate of drug-likeness (QED) is 0.0197. The first-order valence-corrected chi connectivity index (χ1v) is 34.7. The second-order valence-electron chi connectivity index (χ2n) is 22.3. The highest BCUT2D eigenvalue weighted by Crippen LogP contribution is 2.43. The number of allylic oxidation sites excluding steroid dienone is 10. The fraction of sp³-hybridized carbons (Fsp3) is 0.809. The van der Waals surface area contributed by atoms with Gasteiger partial charge in [0.2, 0.25) is 0 Å². The van der Waals surface area contributed by atoms with Gasteiger partial charge in [-0.1, -0.05) is 248 Å². The lowest BCUT2D eigenvalue weighted by Gasteiger charge is -2.21. The van der Waals surface area contributed by atoms with Crippen molar-refractivity contribution in [3.05, 3.63) is 60.8 Å². The van der Waals surface area contributed by atoms with E-state index in [2.05, 4.69) is 81.5 Å². The monoisotopic (exact) mass is 1150 g/mol. The Labute approximate surface area is 491 Å². The average Bonchev–Trinajstić information content (AvgIpc) is 3.45. The van der Waals surface area contributed by atoms with Crippen molar-refractivity contribution in [2.24, 2.45) is 0 Å². The molecule has 3 unspecified atom stereocenters. The summed E-state index contributed by atoms with van der Waals surface area (Å²) in [7, 11) is -4.76. The van der Waals surface area contributed by atoms with Gasteiger partial charge in [-0.05, 0) is 109 Å². The Bertz CT molecular complexity index is 1570. The molecule has 2 N–H and O–H groups in total. The Morgan fingerprint density at radius 3 is 0.963 bits per heavy atom. The molecule has 0 aliphatic rings. The molecule has 466 valence electrons. The molecule has 0 aliphatic carbocycles. The third-order valence-corrected chi connectivity index (χ3v) is 15.3. The zero-order valence-electron chi connectivity index (χ0n) is 51.8. The van der Waals surface area contributed by atoms with Crippen LogP contribution in [-0.2, 0) is 42.2 Å². The number of carbonyl (C=O) groups excluding carboxylic acids is 3. The molecular weight excluding hydrogens is 1020 g/mol. The number of phosphoric acid groups is 1. The summed E-state index contributed by atoms with van der Waals surface area (Å²) in [5.74, 6) is -1.47. The summed E-state index contributed by atoms with van der Waals surface area (Å²) < 4.78 is 39.7. The molecule has 0 spiro atoms. The molecule has 0 fully saturated rings. The van der Waals surface area contributed by atoms with Gasteiger partial charge in [-0.15, -0.1) is 0 Å². The minimum atomic E-state index is -4.76. The molecule has 0 bridgehead atoms. The third-order valence-electron chi connectivity index (χ3n) is 14.4. The predicted molar refractivity (Wildman–Crippen MR) is 335 cm³/mol. The summed E-state index contributed by atoms with van der Waals surface area (Å²) >= 11 is 0. The number of hydrogen-bond donors (Lipinski definition) is 2. The molecule has 80 heavy (non-hydrogen) atoms. The number of aliphatic hydroxyl groups excluding tert-OH is 1. The Morgan fingerprint density at radius 1 is 0.350 bits per heavy atom. The second kappa shape index (κ2) is 62.2. The van der Waals surface area contributed by atoms with Gasteiger partial charge in [0.1, 0.15) is 12.7 Å². The lowest BCUT2D eigenvalue weighted by atomic mass is 10.1. The number of aliphatic hydroxyl groups is 1. The zero-order valence-corrected chi connectivity index (χ0v) is 52.7. The van der Waals surface area contributed by atoms with Gasteiger partial charge in [0.15, 0.2) is 6.10 Å². The standard InChI is InChI=1S/C68H123O11P/c1-4-7-10-13-16-19-22-25-28-31-32-35-38-41-44-47-50-53-56-59-68(72)79-65(61-75-66(70)57-54-51-48-45-42-39-36-33-29-26-23-20-17-14-11-8-5-2)63-77-80(73,74)76-62-64(60-69)78-67(71)58-55-52-49-46-43-40-37-34-30-27-24-21-18-15-12-9-6-3/h16-17,19-20,25-30,64-65,69H,4-15,18,21-24,31-63H2,1-3H3,(H,73,74)/b19-16-,20-17-,28-25-,29-26-,30-27-. The van der Waals surface area contributed by atoms with E-state index in [4.69, 9.17) is 23.3 Å². The highest BCUT2D eigenvalue weighted by Gasteiger charge is 2.28. The zero-order chi connectivity index (χ0) is 58.3. The van der Waals surface area contributed by atoms with Crippen LogP contribution in [0.3, 0.4) is 0 Å². The van der Waals surface area contributed by atoms with Crippen LogP contribution < -0.4 is 0 Å². The molecule has 0 rings (SSSR count). The molecule has 0 aromatic carbocycles. The Morgan fingerprint density at radius 2 is 0.613 bits per heavy atom. The van der Waals surface area contributed by atoms with Crippen molar-refractivity contribution in [3.63, 3.8) is 0 Å². The van der Waals surface area contributed by atoms with Crippen molar-refractivity contribution in [3.8, 4) is 0 Å². The van der Waals surface area contributed by atoms with Crippen molar-refractivity contribution >= 4 is 25.7 Å². The highest BCUT2D eigenvalue weighted by atomic mass is 31.2. The van der Waals surface area contributed by atoms with Gasteiger partial charge < -0.3 is 24.2 Å². The molecule has 0 radical (unpaired) electrons. The van der Waals surface area contributed by atoms with E-state index in [0.717, 1.165) is 89.9 Å². The van der Waals surface area contributed by atoms with Gasteiger partial charge >= 0.3 is 25.7 Å². The van der Waals surface area contributed by atoms with Gasteiger partial charge in [0.05, 0.1) is 19.8 Å². The number of hydrogen-bond acceptors (Lipinski definition) is 10. The van der Waals surface area contributed by atoms with Crippen molar-refractivity contribution in [2.45, 2.75) is 328 Å². The summed E-state index contributed by atoms with van der Waals surface area (Å²) in [5, 5.41) is 9.86. The van der Waals surface area contributed by atoms with Crippen molar-refractivity contribution in [1.29, 1.82) is 0 Å². The number of carbonyl (C=O) groups is 3. The fourth-order valence-electron chi connectivity index (χ4n) is 9.30. The molecule has 0 saturated heterocycles. The normalized spacial score (nSPS) is 13.6. The van der Waals surface area contributed by atoms with Crippen LogP contribution in [0.25, 0.3) is 0 Å². The molecule has 0 amide bonds. The Hall–Kier alpha value is -2.82. The Kier molecular flexibility index (Phi) is 60.0. The second-order valence-corrected chi connectivity index (χ2v) is 23.7. The van der Waals surface area contributed by atoms with E-state index in [1.54, 1.807) is 0 Å². The number of esters is 3. The van der Waals surface area contributed by atoms with Crippen LogP contribution in [0.5, 0.6) is 0 Å². The first-order valence-electron chi connectivity index (χ1n) is 33.2. The number of ether oxygens (including phenoxy) is 3. The maximum absolute atomic E-state index is 13.0. The summed E-state index contributed by atoms with van der Waals surface area (Å²) in [6.07, 6.45) is 70.2. The lowest BCUT2D eigenvalue weighted by Crippen LogP contribution is -2.30. The first-order chi connectivity index (χ1) is 39.2. The summed E-state index contributed by atoms with van der Waals surface area (Å²) in [6.45, 7) is 4.63. The van der Waals surface area contributed by atoms with Crippen molar-refractivity contribution < 1.29 is 52.2 Å². The minimum Gasteiger partial charge on any atom is -0.462 e. The van der Waals surface area contributed by atoms with Crippen LogP contribution in [0, 0.1) is 0 Å². The van der Waals surface area contributed by atoms with Gasteiger partial charge in [0, 0.05) is 19.3 Å². The van der Waals surface area contributed by atoms with E-state index < -0.39 is 57.8 Å². The number of rotatable bonds is 62. The van der Waals surface area contributed by atoms with E-state index in [9.17, 15) is 28.9 Å². The lowest BCUT2D eigenvalue weighted by molar-refractivity contribution is -0.161. The molecular formula is C68H123O11P. The first kappa shape index (κ1) is 77.2.